The molecule has 0 aliphatic carbocycles. The number of aliphatic hydroxyl groups is 1. The van der Waals surface area contributed by atoms with E-state index in [-0.39, 0.29) is 18.4 Å². The van der Waals surface area contributed by atoms with Crippen molar-refractivity contribution in [2.75, 3.05) is 32.9 Å². The minimum absolute atomic E-state index is 0.0456. The molecule has 0 radical (unpaired) electrons. The van der Waals surface area contributed by atoms with Gasteiger partial charge in [0.05, 0.1) is 25.5 Å². The average Bonchev–Trinajstić information content (AvgIpc) is 2.69. The van der Waals surface area contributed by atoms with Gasteiger partial charge in [-0.15, -0.1) is 0 Å². The van der Waals surface area contributed by atoms with Crippen LogP contribution in [-0.2, 0) is 19.0 Å². The van der Waals surface area contributed by atoms with Crippen LogP contribution in [0.1, 0.15) is 25.7 Å². The second-order valence-corrected chi connectivity index (χ2v) is 7.01. The van der Waals surface area contributed by atoms with E-state index in [0.29, 0.717) is 32.0 Å². The maximum atomic E-state index is 13.3. The molecule has 7 nitrogen and oxygen atoms in total. The summed E-state index contributed by atoms with van der Waals surface area (Å²) in [7, 11) is 0. The number of rotatable bonds is 6. The third kappa shape index (κ3) is 5.07. The van der Waals surface area contributed by atoms with Crippen molar-refractivity contribution in [3.05, 3.63) is 47.8 Å². The molecule has 0 aromatic heterocycles. The van der Waals surface area contributed by atoms with Crippen LogP contribution in [0, 0.1) is 0 Å². The summed E-state index contributed by atoms with van der Waals surface area (Å²) in [4.78, 5) is 15.2. The van der Waals surface area contributed by atoms with Crippen LogP contribution in [0.4, 0.5) is 0 Å². The van der Waals surface area contributed by atoms with Gasteiger partial charge in [0, 0.05) is 30.9 Å². The number of aliphatic hydroxyl groups excluding tert-OH is 1. The molecule has 0 spiro atoms. The molecule has 148 valence electrons. The second kappa shape index (κ2) is 9.32. The molecule has 1 aromatic rings. The Morgan fingerprint density at radius 2 is 1.96 bits per heavy atom. The van der Waals surface area contributed by atoms with Gasteiger partial charge in [0.25, 0.3) is 0 Å². The van der Waals surface area contributed by atoms with Gasteiger partial charge in [-0.1, -0.05) is 30.3 Å². The average molecular weight is 376 g/mol. The number of morpholine rings is 1. The molecule has 2 aliphatic heterocycles. The molecule has 2 heterocycles. The Labute approximate surface area is 159 Å². The number of ether oxygens (including phenoxy) is 3. The van der Waals surface area contributed by atoms with E-state index in [1.165, 1.54) is 0 Å². The maximum Gasteiger partial charge on any atom is 0.211 e. The minimum atomic E-state index is -1.01. The highest BCUT2D eigenvalue weighted by atomic mass is 16.7. The number of nitrogens with one attached hydrogen (secondary N) is 1. The first kappa shape index (κ1) is 19.8. The fourth-order valence-electron chi connectivity index (χ4n) is 3.07. The summed E-state index contributed by atoms with van der Waals surface area (Å²) in [6, 6.07) is 9.61. The fourth-order valence-corrected chi connectivity index (χ4v) is 3.07. The minimum Gasteiger partial charge on any atom is -0.387 e. The Balaban J connectivity index is 1.79. The summed E-state index contributed by atoms with van der Waals surface area (Å²) in [6.07, 6.45) is -0.943. The van der Waals surface area contributed by atoms with E-state index in [9.17, 15) is 9.90 Å². The van der Waals surface area contributed by atoms with Crippen LogP contribution in [0.3, 0.4) is 0 Å². The van der Waals surface area contributed by atoms with Crippen LogP contribution in [-0.4, -0.2) is 66.9 Å². The van der Waals surface area contributed by atoms with Crippen molar-refractivity contribution < 1.29 is 24.1 Å². The highest BCUT2D eigenvalue weighted by Gasteiger charge is 2.39. The smallest absolute Gasteiger partial charge is 0.211 e. The lowest BCUT2D eigenvalue weighted by molar-refractivity contribution is -0.250. The zero-order valence-corrected chi connectivity index (χ0v) is 15.8. The zero-order chi connectivity index (χ0) is 19.2. The molecule has 3 atom stereocenters. The maximum absolute atomic E-state index is 13.3. The second-order valence-electron chi connectivity index (χ2n) is 7.01. The van der Waals surface area contributed by atoms with E-state index < -0.39 is 18.5 Å². The molecule has 2 aliphatic rings. The van der Waals surface area contributed by atoms with Gasteiger partial charge in [-0.3, -0.25) is 4.79 Å². The largest absolute Gasteiger partial charge is 0.387 e. The molecule has 2 N–H and O–H groups in total. The van der Waals surface area contributed by atoms with E-state index in [1.54, 1.807) is 6.20 Å². The third-order valence-corrected chi connectivity index (χ3v) is 4.53. The number of carbonyl (C=O) groups is 1. The molecule has 27 heavy (non-hydrogen) atoms. The standard InChI is InChI=1S/C20H28N2O5/c1-14(2)21-12-16(22-8-10-25-11-9-22)18(24)19-17(23)13-26-20(27-19)15-6-4-3-5-7-15/h3-7,12,14,17,19-21,23H,8-11,13H2,1-2H3/b16-12-/t17-,19-,20-/m1/s1. The Morgan fingerprint density at radius 3 is 2.63 bits per heavy atom. The van der Waals surface area contributed by atoms with Crippen LogP contribution in [0.5, 0.6) is 0 Å². The van der Waals surface area contributed by atoms with Gasteiger partial charge in [0.1, 0.15) is 6.10 Å². The summed E-state index contributed by atoms with van der Waals surface area (Å²) in [5.74, 6) is -0.248. The number of hydrogen-bond acceptors (Lipinski definition) is 7. The Hall–Kier alpha value is -1.93. The fraction of sp³-hybridized carbons (Fsp3) is 0.550. The first-order chi connectivity index (χ1) is 13.1. The molecule has 1 aromatic carbocycles. The summed E-state index contributed by atoms with van der Waals surface area (Å²) < 4.78 is 16.9. The Bertz CT molecular complexity index is 643. The lowest BCUT2D eigenvalue weighted by Gasteiger charge is -2.36. The number of hydrogen-bond donors (Lipinski definition) is 2. The van der Waals surface area contributed by atoms with Crippen LogP contribution in [0.15, 0.2) is 42.2 Å². The highest BCUT2D eigenvalue weighted by Crippen LogP contribution is 2.28. The number of carbonyl (C=O) groups excluding carboxylic acids is 1. The molecule has 0 bridgehead atoms. The van der Waals surface area contributed by atoms with E-state index in [0.717, 1.165) is 5.56 Å². The van der Waals surface area contributed by atoms with Gasteiger partial charge in [0.2, 0.25) is 5.78 Å². The van der Waals surface area contributed by atoms with E-state index in [1.807, 2.05) is 49.1 Å². The lowest BCUT2D eigenvalue weighted by atomic mass is 10.0. The van der Waals surface area contributed by atoms with Crippen molar-refractivity contribution in [3.8, 4) is 0 Å². The van der Waals surface area contributed by atoms with Crippen molar-refractivity contribution in [2.45, 2.75) is 38.4 Å². The molecular formula is C20H28N2O5. The molecular weight excluding hydrogens is 348 g/mol. The van der Waals surface area contributed by atoms with Crippen LogP contribution < -0.4 is 5.32 Å². The number of Topliss-reactive ketones (excluding diaryl/α,β-unsaturated/α-hetero) is 1. The molecule has 0 amide bonds. The quantitative estimate of drug-likeness (QED) is 0.722. The monoisotopic (exact) mass is 376 g/mol. The Kier molecular flexibility index (Phi) is 6.84. The van der Waals surface area contributed by atoms with Crippen molar-refractivity contribution in [3.63, 3.8) is 0 Å². The molecule has 2 saturated heterocycles. The topological polar surface area (TPSA) is 80.3 Å². The summed E-state index contributed by atoms with van der Waals surface area (Å²) >= 11 is 0. The SMILES string of the molecule is CC(C)N/C=C(/C(=O)[C@@H]1O[C@H](c2ccccc2)OC[C@H]1O)N1CCOCC1. The number of benzene rings is 1. The van der Waals surface area contributed by atoms with Crippen molar-refractivity contribution in [1.29, 1.82) is 0 Å². The van der Waals surface area contributed by atoms with Gasteiger partial charge in [0.15, 0.2) is 12.4 Å². The van der Waals surface area contributed by atoms with E-state index in [4.69, 9.17) is 14.2 Å². The van der Waals surface area contributed by atoms with Crippen molar-refractivity contribution in [1.82, 2.24) is 10.2 Å². The predicted octanol–water partition coefficient (Wildman–Crippen LogP) is 1.20. The van der Waals surface area contributed by atoms with Gasteiger partial charge in [-0.05, 0) is 13.8 Å². The molecule has 0 saturated carbocycles. The highest BCUT2D eigenvalue weighted by molar-refractivity contribution is 5.98. The normalized spacial score (nSPS) is 26.9. The lowest BCUT2D eigenvalue weighted by Crippen LogP contribution is -2.49. The summed E-state index contributed by atoms with van der Waals surface area (Å²) in [6.45, 7) is 6.43. The molecule has 2 fully saturated rings. The molecule has 0 unspecified atom stereocenters. The summed E-state index contributed by atoms with van der Waals surface area (Å²) in [5, 5.41) is 13.6. The molecule has 7 heteroatoms. The first-order valence-electron chi connectivity index (χ1n) is 9.39. The van der Waals surface area contributed by atoms with Gasteiger partial charge < -0.3 is 29.5 Å². The predicted molar refractivity (Wildman–Crippen MR) is 99.8 cm³/mol. The van der Waals surface area contributed by atoms with E-state index in [2.05, 4.69) is 5.32 Å². The van der Waals surface area contributed by atoms with Crippen molar-refractivity contribution in [2.24, 2.45) is 0 Å². The number of ketones is 1. The number of nitrogens with zero attached hydrogens (tertiary/aromatic N) is 1. The zero-order valence-electron chi connectivity index (χ0n) is 15.8. The first-order valence-corrected chi connectivity index (χ1v) is 9.39. The van der Waals surface area contributed by atoms with Gasteiger partial charge in [-0.25, -0.2) is 0 Å². The van der Waals surface area contributed by atoms with Crippen molar-refractivity contribution >= 4 is 5.78 Å². The van der Waals surface area contributed by atoms with Gasteiger partial charge in [-0.2, -0.15) is 0 Å². The summed E-state index contributed by atoms with van der Waals surface area (Å²) in [5.41, 5.74) is 1.32. The van der Waals surface area contributed by atoms with Crippen LogP contribution in [0.2, 0.25) is 0 Å². The molecule has 3 rings (SSSR count). The van der Waals surface area contributed by atoms with Crippen LogP contribution in [0.25, 0.3) is 0 Å². The third-order valence-electron chi connectivity index (χ3n) is 4.53. The van der Waals surface area contributed by atoms with Gasteiger partial charge >= 0.3 is 0 Å². The van der Waals surface area contributed by atoms with Crippen LogP contribution >= 0.6 is 0 Å². The van der Waals surface area contributed by atoms with E-state index >= 15 is 0 Å². The Morgan fingerprint density at radius 1 is 1.26 bits per heavy atom.